The van der Waals surface area contributed by atoms with Crippen LogP contribution in [-0.2, 0) is 47.4 Å². The number of allylic oxidation sites excluding steroid dienone is 3. The number of aliphatic hydroxyl groups excluding tert-OH is 14. The summed E-state index contributed by atoms with van der Waals surface area (Å²) in [6.07, 6.45) is -30.2. The van der Waals surface area contributed by atoms with Crippen LogP contribution in [0.5, 0.6) is 0 Å². The van der Waals surface area contributed by atoms with Crippen LogP contribution in [0.15, 0.2) is 23.5 Å². The Morgan fingerprint density at radius 1 is 0.485 bits per heavy atom. The first kappa shape index (κ1) is 57.3. The molecule has 0 aromatic rings. The third-order valence-corrected chi connectivity index (χ3v) is 13.2. The molecule has 24 nitrogen and oxygen atoms in total. The van der Waals surface area contributed by atoms with Crippen LogP contribution in [0.25, 0.3) is 0 Å². The minimum atomic E-state index is -1.79. The highest BCUT2D eigenvalue weighted by molar-refractivity contribution is 5.03. The summed E-state index contributed by atoms with van der Waals surface area (Å²) >= 11 is 0. The Morgan fingerprint density at radius 2 is 0.941 bits per heavy atom. The van der Waals surface area contributed by atoms with Crippen molar-refractivity contribution in [3.8, 4) is 0 Å². The van der Waals surface area contributed by atoms with E-state index in [1.165, 1.54) is 27.0 Å². The molecule has 0 radical (unpaired) electrons. The lowest BCUT2D eigenvalue weighted by molar-refractivity contribution is -0.385. The van der Waals surface area contributed by atoms with Gasteiger partial charge in [0.2, 0.25) is 6.29 Å². The molecule has 5 aliphatic rings. The second kappa shape index (κ2) is 25.8. The Kier molecular flexibility index (Phi) is 21.8. The summed E-state index contributed by atoms with van der Waals surface area (Å²) < 4.78 is 58.2. The van der Waals surface area contributed by atoms with Gasteiger partial charge in [0.1, 0.15) is 97.7 Å². The van der Waals surface area contributed by atoms with Crippen molar-refractivity contribution in [3.05, 3.63) is 23.5 Å². The maximum atomic E-state index is 11.3. The van der Waals surface area contributed by atoms with E-state index in [0.29, 0.717) is 19.3 Å². The van der Waals surface area contributed by atoms with Crippen molar-refractivity contribution in [3.63, 3.8) is 0 Å². The Bertz CT molecular complexity index is 1580. The Balaban J connectivity index is 1.15. The van der Waals surface area contributed by atoms with Gasteiger partial charge in [0.25, 0.3) is 0 Å². The summed E-state index contributed by atoms with van der Waals surface area (Å²) in [5.74, 6) is -0.0258. The van der Waals surface area contributed by atoms with Gasteiger partial charge in [0.15, 0.2) is 31.3 Å². The standard InChI is InChI=1S/C44H76O24/c1-17(9-7-11-18(2)15-59-43-38(33(55)28(50)23(13-45)64-43)67-41-35(57)31(53)26(48)21(5)62-41)10-8-12-19(3)16-60-44-39(68-42-36(58)32(54)27(49)22(6)63-42)37(29(51)24(14-46)65-44)66-40-34(56)30(52)25(47)20(4)61-40/h10,16,18,20-58H,7-9,11-15H2,1-6H3. The van der Waals surface area contributed by atoms with Gasteiger partial charge in [-0.05, 0) is 78.2 Å². The monoisotopic (exact) mass is 988 g/mol. The molecule has 396 valence electrons. The first-order valence-electron chi connectivity index (χ1n) is 23.3. The highest BCUT2D eigenvalue weighted by Gasteiger charge is 2.55. The van der Waals surface area contributed by atoms with Crippen LogP contribution in [0.4, 0.5) is 0 Å². The summed E-state index contributed by atoms with van der Waals surface area (Å²) in [6.45, 7) is 8.83. The van der Waals surface area contributed by atoms with E-state index in [-0.39, 0.29) is 12.5 Å². The van der Waals surface area contributed by atoms with E-state index in [2.05, 4.69) is 6.08 Å². The van der Waals surface area contributed by atoms with E-state index in [1.807, 2.05) is 13.8 Å². The van der Waals surface area contributed by atoms with E-state index in [1.54, 1.807) is 6.92 Å². The average molecular weight is 989 g/mol. The summed E-state index contributed by atoms with van der Waals surface area (Å²) in [4.78, 5) is 0. The lowest BCUT2D eigenvalue weighted by Gasteiger charge is -2.48. The van der Waals surface area contributed by atoms with Gasteiger partial charge in [0, 0.05) is 0 Å². The van der Waals surface area contributed by atoms with Gasteiger partial charge in [-0.25, -0.2) is 0 Å². The molecule has 5 fully saturated rings. The van der Waals surface area contributed by atoms with Gasteiger partial charge in [0.05, 0.1) is 44.4 Å². The molecular formula is C44H76O24. The molecule has 26 atom stereocenters. The molecule has 5 heterocycles. The van der Waals surface area contributed by atoms with E-state index in [0.717, 1.165) is 24.0 Å². The second-order valence-electron chi connectivity index (χ2n) is 18.8. The molecule has 0 amide bonds. The fourth-order valence-electron chi connectivity index (χ4n) is 8.59. The van der Waals surface area contributed by atoms with Crippen molar-refractivity contribution in [1.82, 2.24) is 0 Å². The van der Waals surface area contributed by atoms with Crippen LogP contribution < -0.4 is 0 Å². The Morgan fingerprint density at radius 3 is 1.44 bits per heavy atom. The molecule has 0 aromatic heterocycles. The molecule has 5 aliphatic heterocycles. The molecule has 0 aromatic carbocycles. The quantitative estimate of drug-likeness (QED) is 0.0405. The fourth-order valence-corrected chi connectivity index (χ4v) is 8.59. The maximum Gasteiger partial charge on any atom is 0.228 e. The molecule has 0 bridgehead atoms. The van der Waals surface area contributed by atoms with Crippen LogP contribution in [0.2, 0.25) is 0 Å². The van der Waals surface area contributed by atoms with Crippen molar-refractivity contribution in [1.29, 1.82) is 0 Å². The number of aliphatic hydroxyl groups is 14. The summed E-state index contributed by atoms with van der Waals surface area (Å²) in [5, 5.41) is 146. The van der Waals surface area contributed by atoms with E-state index in [9.17, 15) is 71.5 Å². The highest BCUT2D eigenvalue weighted by Crippen LogP contribution is 2.35. The minimum Gasteiger partial charge on any atom is -0.470 e. The van der Waals surface area contributed by atoms with E-state index in [4.69, 9.17) is 47.4 Å². The Hall–Kier alpha value is -1.64. The number of hydrogen-bond acceptors (Lipinski definition) is 24. The van der Waals surface area contributed by atoms with Crippen molar-refractivity contribution in [2.24, 2.45) is 5.92 Å². The topological polar surface area (TPSA) is 376 Å². The number of hydrogen-bond donors (Lipinski definition) is 14. The molecule has 0 aliphatic carbocycles. The van der Waals surface area contributed by atoms with Crippen LogP contribution >= 0.6 is 0 Å². The van der Waals surface area contributed by atoms with Gasteiger partial charge in [-0.3, -0.25) is 0 Å². The lowest BCUT2D eigenvalue weighted by atomic mass is 9.96. The zero-order valence-electron chi connectivity index (χ0n) is 39.2. The first-order chi connectivity index (χ1) is 32.1. The van der Waals surface area contributed by atoms with Crippen molar-refractivity contribution in [2.75, 3.05) is 19.8 Å². The molecular weight excluding hydrogens is 912 g/mol. The molecule has 14 N–H and O–H groups in total. The number of ether oxygens (including phenoxy) is 10. The molecule has 0 saturated carbocycles. The molecule has 24 heteroatoms. The summed E-state index contributed by atoms with van der Waals surface area (Å²) in [6, 6.07) is 0. The van der Waals surface area contributed by atoms with Crippen molar-refractivity contribution in [2.45, 2.75) is 227 Å². The SMILES string of the molecule is CC(=COC1OC(CO)C(O)C(OC2OC(C)C(O)C(O)C2O)C1OC1OC(C)C(O)C(O)C1O)CCC=C(C)CCCC(C)COC1OC(CO)C(O)C(O)C1OC1OC(C)C(O)C(O)C1O. The Labute approximate surface area is 394 Å². The molecule has 5 rings (SSSR count). The van der Waals surface area contributed by atoms with Crippen molar-refractivity contribution < 1.29 is 119 Å². The third kappa shape index (κ3) is 13.9. The van der Waals surface area contributed by atoms with Gasteiger partial charge in [-0.2, -0.15) is 0 Å². The van der Waals surface area contributed by atoms with Crippen molar-refractivity contribution >= 4 is 0 Å². The first-order valence-corrected chi connectivity index (χ1v) is 23.3. The smallest absolute Gasteiger partial charge is 0.228 e. The van der Waals surface area contributed by atoms with Gasteiger partial charge >= 0.3 is 0 Å². The van der Waals surface area contributed by atoms with Crippen LogP contribution in [0.3, 0.4) is 0 Å². The average Bonchev–Trinajstić information content (AvgIpc) is 3.31. The predicted octanol–water partition coefficient (Wildman–Crippen LogP) is -4.39. The molecule has 5 saturated heterocycles. The van der Waals surface area contributed by atoms with E-state index < -0.39 is 167 Å². The molecule has 0 spiro atoms. The largest absolute Gasteiger partial charge is 0.470 e. The fraction of sp³-hybridized carbons (Fsp3) is 0.909. The lowest BCUT2D eigenvalue weighted by Crippen LogP contribution is -2.66. The van der Waals surface area contributed by atoms with Crippen LogP contribution in [-0.4, -0.2) is 245 Å². The molecule has 26 unspecified atom stereocenters. The second-order valence-corrected chi connectivity index (χ2v) is 18.8. The normalized spacial score (nSPS) is 46.9. The third-order valence-electron chi connectivity index (χ3n) is 13.2. The van der Waals surface area contributed by atoms with Crippen LogP contribution in [0, 0.1) is 5.92 Å². The predicted molar refractivity (Wildman–Crippen MR) is 228 cm³/mol. The van der Waals surface area contributed by atoms with E-state index >= 15 is 0 Å². The minimum absolute atomic E-state index is 0.0258. The number of rotatable bonds is 20. The van der Waals surface area contributed by atoms with Gasteiger partial charge in [-0.1, -0.05) is 18.6 Å². The van der Waals surface area contributed by atoms with Gasteiger partial charge in [-0.15, -0.1) is 0 Å². The zero-order valence-corrected chi connectivity index (χ0v) is 39.2. The summed E-state index contributed by atoms with van der Waals surface area (Å²) in [7, 11) is 0. The summed E-state index contributed by atoms with van der Waals surface area (Å²) in [5.41, 5.74) is 1.83. The van der Waals surface area contributed by atoms with Crippen LogP contribution in [0.1, 0.15) is 73.6 Å². The highest BCUT2D eigenvalue weighted by atomic mass is 16.8. The maximum absolute atomic E-state index is 11.3. The zero-order chi connectivity index (χ0) is 50.3. The molecule has 68 heavy (non-hydrogen) atoms. The van der Waals surface area contributed by atoms with Gasteiger partial charge < -0.3 is 119 Å².